The summed E-state index contributed by atoms with van der Waals surface area (Å²) in [4.78, 5) is 22.1. The van der Waals surface area contributed by atoms with Crippen molar-refractivity contribution < 1.29 is 4.79 Å². The van der Waals surface area contributed by atoms with Crippen molar-refractivity contribution >= 4 is 24.3 Å². The van der Waals surface area contributed by atoms with Crippen molar-refractivity contribution in [1.29, 1.82) is 0 Å². The predicted octanol–water partition coefficient (Wildman–Crippen LogP) is 0.203. The van der Waals surface area contributed by atoms with Crippen molar-refractivity contribution in [3.8, 4) is 0 Å². The van der Waals surface area contributed by atoms with Crippen molar-refractivity contribution in [3.63, 3.8) is 0 Å². The quantitative estimate of drug-likeness (QED) is 0.827. The number of carbonyl (C=O) groups is 1. The largest absolute Gasteiger partial charge is 0.350 e. The standard InChI is InChI=1S/C12H19N5O.ClH/c1-13-8-11(18)16-10-4-2-7-17(9-10)12-14-5-3-6-15-12;/h3,5-6,10,13H,2,4,7-9H2,1H3,(H,16,18);1H. The molecule has 106 valence electrons. The minimum atomic E-state index is 0. The summed E-state index contributed by atoms with van der Waals surface area (Å²) in [7, 11) is 1.77. The second-order valence-electron chi connectivity index (χ2n) is 4.43. The second-order valence-corrected chi connectivity index (χ2v) is 4.43. The van der Waals surface area contributed by atoms with Gasteiger partial charge in [-0.25, -0.2) is 9.97 Å². The molecule has 0 saturated carbocycles. The van der Waals surface area contributed by atoms with E-state index >= 15 is 0 Å². The van der Waals surface area contributed by atoms with Crippen molar-refractivity contribution in [2.24, 2.45) is 0 Å². The molecule has 2 N–H and O–H groups in total. The zero-order valence-electron chi connectivity index (χ0n) is 11.0. The molecule has 2 heterocycles. The van der Waals surface area contributed by atoms with Gasteiger partial charge in [-0.2, -0.15) is 0 Å². The van der Waals surface area contributed by atoms with E-state index < -0.39 is 0 Å². The summed E-state index contributed by atoms with van der Waals surface area (Å²) in [5, 5.41) is 5.87. The van der Waals surface area contributed by atoms with Crippen LogP contribution in [0, 0.1) is 0 Å². The highest BCUT2D eigenvalue weighted by Gasteiger charge is 2.22. The normalized spacial score (nSPS) is 18.6. The van der Waals surface area contributed by atoms with Gasteiger partial charge in [0, 0.05) is 31.5 Å². The van der Waals surface area contributed by atoms with Crippen LogP contribution in [-0.4, -0.2) is 48.6 Å². The van der Waals surface area contributed by atoms with Crippen LogP contribution in [0.15, 0.2) is 18.5 Å². The van der Waals surface area contributed by atoms with Gasteiger partial charge >= 0.3 is 0 Å². The van der Waals surface area contributed by atoms with Gasteiger partial charge in [-0.05, 0) is 26.0 Å². The second kappa shape index (κ2) is 7.91. The summed E-state index contributed by atoms with van der Waals surface area (Å²) in [6.07, 6.45) is 5.54. The maximum absolute atomic E-state index is 11.5. The first kappa shape index (κ1) is 15.7. The van der Waals surface area contributed by atoms with E-state index in [0.29, 0.717) is 6.54 Å². The Balaban J connectivity index is 0.00000180. The van der Waals surface area contributed by atoms with Crippen LogP contribution in [0.5, 0.6) is 0 Å². The Hall–Kier alpha value is -1.40. The van der Waals surface area contributed by atoms with Crippen LogP contribution < -0.4 is 15.5 Å². The van der Waals surface area contributed by atoms with Crippen molar-refractivity contribution in [2.45, 2.75) is 18.9 Å². The van der Waals surface area contributed by atoms with Crippen LogP contribution in [0.25, 0.3) is 0 Å². The zero-order valence-corrected chi connectivity index (χ0v) is 11.8. The molecule has 0 spiro atoms. The number of aromatic nitrogens is 2. The Morgan fingerprint density at radius 1 is 1.47 bits per heavy atom. The van der Waals surface area contributed by atoms with Gasteiger partial charge in [-0.1, -0.05) is 0 Å². The van der Waals surface area contributed by atoms with Gasteiger partial charge in [0.25, 0.3) is 0 Å². The maximum Gasteiger partial charge on any atom is 0.234 e. The summed E-state index contributed by atoms with van der Waals surface area (Å²) >= 11 is 0. The average Bonchev–Trinajstić information content (AvgIpc) is 2.40. The van der Waals surface area contributed by atoms with E-state index in [1.165, 1.54) is 0 Å². The van der Waals surface area contributed by atoms with Crippen LogP contribution in [0.1, 0.15) is 12.8 Å². The van der Waals surface area contributed by atoms with E-state index in [1.807, 2.05) is 0 Å². The number of nitrogens with one attached hydrogen (secondary N) is 2. The first-order chi connectivity index (χ1) is 8.79. The van der Waals surface area contributed by atoms with E-state index in [0.717, 1.165) is 31.9 Å². The smallest absolute Gasteiger partial charge is 0.234 e. The Bertz CT molecular complexity index is 389. The van der Waals surface area contributed by atoms with Gasteiger partial charge in [0.2, 0.25) is 11.9 Å². The van der Waals surface area contributed by atoms with E-state index in [-0.39, 0.29) is 24.4 Å². The highest BCUT2D eigenvalue weighted by atomic mass is 35.5. The van der Waals surface area contributed by atoms with Gasteiger partial charge in [0.05, 0.1) is 6.54 Å². The van der Waals surface area contributed by atoms with E-state index in [4.69, 9.17) is 0 Å². The lowest BCUT2D eigenvalue weighted by Gasteiger charge is -2.33. The maximum atomic E-state index is 11.5. The number of anilines is 1. The average molecular weight is 286 g/mol. The Labute approximate surface area is 119 Å². The molecule has 1 aromatic rings. The topological polar surface area (TPSA) is 70.2 Å². The Morgan fingerprint density at radius 3 is 2.89 bits per heavy atom. The van der Waals surface area contributed by atoms with Gasteiger partial charge in [0.1, 0.15) is 0 Å². The van der Waals surface area contributed by atoms with Gasteiger partial charge < -0.3 is 15.5 Å². The summed E-state index contributed by atoms with van der Waals surface area (Å²) in [6, 6.07) is 1.99. The van der Waals surface area contributed by atoms with Crippen molar-refractivity contribution in [3.05, 3.63) is 18.5 Å². The summed E-state index contributed by atoms with van der Waals surface area (Å²) in [5.41, 5.74) is 0. The molecule has 1 amide bonds. The SMILES string of the molecule is CNCC(=O)NC1CCCN(c2ncccn2)C1.Cl. The highest BCUT2D eigenvalue weighted by molar-refractivity contribution is 5.85. The molecule has 6 nitrogen and oxygen atoms in total. The lowest BCUT2D eigenvalue weighted by atomic mass is 10.1. The molecule has 0 bridgehead atoms. The summed E-state index contributed by atoms with van der Waals surface area (Å²) < 4.78 is 0. The van der Waals surface area contributed by atoms with Gasteiger partial charge in [-0.3, -0.25) is 4.79 Å². The first-order valence-electron chi connectivity index (χ1n) is 6.25. The molecular weight excluding hydrogens is 266 g/mol. The lowest BCUT2D eigenvalue weighted by molar-refractivity contribution is -0.120. The molecular formula is C12H20ClN5O. The number of rotatable bonds is 4. The number of amides is 1. The Kier molecular flexibility index (Phi) is 6.52. The fourth-order valence-corrected chi connectivity index (χ4v) is 2.17. The Morgan fingerprint density at radius 2 is 2.21 bits per heavy atom. The molecule has 1 atom stereocenters. The molecule has 1 fully saturated rings. The third kappa shape index (κ3) is 4.65. The van der Waals surface area contributed by atoms with Crippen molar-refractivity contribution in [1.82, 2.24) is 20.6 Å². The van der Waals surface area contributed by atoms with Gasteiger partial charge in [-0.15, -0.1) is 12.4 Å². The number of halogens is 1. The molecule has 2 rings (SSSR count). The monoisotopic (exact) mass is 285 g/mol. The first-order valence-corrected chi connectivity index (χ1v) is 6.25. The van der Waals surface area contributed by atoms with E-state index in [9.17, 15) is 4.79 Å². The van der Waals surface area contributed by atoms with Crippen LogP contribution in [-0.2, 0) is 4.79 Å². The molecule has 0 aromatic carbocycles. The molecule has 0 radical (unpaired) electrons. The number of piperidine rings is 1. The fourth-order valence-electron chi connectivity index (χ4n) is 2.17. The molecule has 1 aliphatic heterocycles. The summed E-state index contributed by atoms with van der Waals surface area (Å²) in [5.74, 6) is 0.781. The zero-order chi connectivity index (χ0) is 12.8. The molecule has 1 aliphatic rings. The highest BCUT2D eigenvalue weighted by Crippen LogP contribution is 2.14. The summed E-state index contributed by atoms with van der Waals surface area (Å²) in [6.45, 7) is 2.08. The van der Waals surface area contributed by atoms with Crippen LogP contribution in [0.2, 0.25) is 0 Å². The number of hydrogen-bond acceptors (Lipinski definition) is 5. The van der Waals surface area contributed by atoms with Crippen LogP contribution in [0.4, 0.5) is 5.95 Å². The predicted molar refractivity (Wildman–Crippen MR) is 76.6 cm³/mol. The minimum absolute atomic E-state index is 0. The fraction of sp³-hybridized carbons (Fsp3) is 0.583. The van der Waals surface area contributed by atoms with Gasteiger partial charge in [0.15, 0.2) is 0 Å². The molecule has 1 unspecified atom stereocenters. The van der Waals surface area contributed by atoms with Crippen LogP contribution >= 0.6 is 12.4 Å². The van der Waals surface area contributed by atoms with Crippen LogP contribution in [0.3, 0.4) is 0 Å². The number of nitrogens with zero attached hydrogens (tertiary/aromatic N) is 3. The number of carbonyl (C=O) groups excluding carboxylic acids is 1. The van der Waals surface area contributed by atoms with E-state index in [2.05, 4.69) is 25.5 Å². The van der Waals surface area contributed by atoms with Crippen molar-refractivity contribution in [2.75, 3.05) is 31.6 Å². The molecule has 19 heavy (non-hydrogen) atoms. The lowest BCUT2D eigenvalue weighted by Crippen LogP contribution is -2.49. The molecule has 1 aromatic heterocycles. The third-order valence-electron chi connectivity index (χ3n) is 2.96. The number of likely N-dealkylation sites (N-methyl/N-ethyl adjacent to an activating group) is 1. The minimum Gasteiger partial charge on any atom is -0.350 e. The van der Waals surface area contributed by atoms with E-state index in [1.54, 1.807) is 25.5 Å². The third-order valence-corrected chi connectivity index (χ3v) is 2.96. The molecule has 0 aliphatic carbocycles. The number of hydrogen-bond donors (Lipinski definition) is 2. The molecule has 1 saturated heterocycles. The molecule has 7 heteroatoms.